The van der Waals surface area contributed by atoms with Gasteiger partial charge in [0.05, 0.1) is 0 Å². The highest BCUT2D eigenvalue weighted by Gasteiger charge is 2.20. The minimum Gasteiger partial charge on any atom is -0.486 e. The zero-order valence-electron chi connectivity index (χ0n) is 11.3. The molecule has 0 saturated carbocycles. The van der Waals surface area contributed by atoms with Gasteiger partial charge in [0.25, 0.3) is 0 Å². The van der Waals surface area contributed by atoms with Crippen molar-refractivity contribution in [2.75, 3.05) is 13.2 Å². The molecular weight excluding hydrogens is 337 g/mol. The first-order valence-electron chi connectivity index (χ1n) is 6.73. The van der Waals surface area contributed by atoms with E-state index in [-0.39, 0.29) is 11.9 Å². The molecule has 3 nitrogen and oxygen atoms in total. The van der Waals surface area contributed by atoms with Gasteiger partial charge in [0.1, 0.15) is 19.0 Å². The van der Waals surface area contributed by atoms with Crippen LogP contribution >= 0.6 is 15.9 Å². The quantitative estimate of drug-likeness (QED) is 0.918. The Kier molecular flexibility index (Phi) is 4.12. The van der Waals surface area contributed by atoms with Crippen LogP contribution in [0.1, 0.15) is 17.2 Å². The maximum atomic E-state index is 13.9. The highest BCUT2D eigenvalue weighted by atomic mass is 79.9. The van der Waals surface area contributed by atoms with Crippen LogP contribution in [0.25, 0.3) is 0 Å². The predicted molar refractivity (Wildman–Crippen MR) is 82.2 cm³/mol. The van der Waals surface area contributed by atoms with E-state index >= 15 is 0 Å². The Morgan fingerprint density at radius 3 is 2.81 bits per heavy atom. The van der Waals surface area contributed by atoms with E-state index in [1.807, 2.05) is 24.3 Å². The van der Waals surface area contributed by atoms with Gasteiger partial charge < -0.3 is 15.2 Å². The molecule has 2 aromatic rings. The molecule has 1 aliphatic rings. The Morgan fingerprint density at radius 1 is 1.19 bits per heavy atom. The van der Waals surface area contributed by atoms with Crippen LogP contribution in [0, 0.1) is 5.82 Å². The SMILES string of the molecule is NC(Cc1ccc(Br)cc1F)c1cccc2c1OCCO2. The van der Waals surface area contributed by atoms with Gasteiger partial charge in [-0.1, -0.05) is 34.1 Å². The summed E-state index contributed by atoms with van der Waals surface area (Å²) in [6.45, 7) is 1.04. The highest BCUT2D eigenvalue weighted by molar-refractivity contribution is 9.10. The van der Waals surface area contributed by atoms with Gasteiger partial charge in [-0.15, -0.1) is 0 Å². The van der Waals surface area contributed by atoms with Crippen molar-refractivity contribution >= 4 is 15.9 Å². The van der Waals surface area contributed by atoms with Gasteiger partial charge in [0.2, 0.25) is 0 Å². The van der Waals surface area contributed by atoms with Crippen LogP contribution in [0.15, 0.2) is 40.9 Å². The molecule has 2 aromatic carbocycles. The zero-order valence-corrected chi connectivity index (χ0v) is 12.9. The highest BCUT2D eigenvalue weighted by Crippen LogP contribution is 2.37. The normalized spacial score (nSPS) is 14.8. The summed E-state index contributed by atoms with van der Waals surface area (Å²) in [6, 6.07) is 10.3. The van der Waals surface area contributed by atoms with Crippen LogP contribution in [-0.4, -0.2) is 13.2 Å². The lowest BCUT2D eigenvalue weighted by atomic mass is 9.98. The summed E-state index contributed by atoms with van der Waals surface area (Å²) in [5.74, 6) is 1.11. The molecule has 1 atom stereocenters. The van der Waals surface area contributed by atoms with E-state index in [0.717, 1.165) is 5.56 Å². The molecule has 0 aliphatic carbocycles. The van der Waals surface area contributed by atoms with Crippen molar-refractivity contribution in [3.63, 3.8) is 0 Å². The van der Waals surface area contributed by atoms with Crippen molar-refractivity contribution in [3.8, 4) is 11.5 Å². The second kappa shape index (κ2) is 6.03. The van der Waals surface area contributed by atoms with Crippen LogP contribution in [0.5, 0.6) is 11.5 Å². The Balaban J connectivity index is 1.87. The third-order valence-electron chi connectivity index (χ3n) is 3.45. The summed E-state index contributed by atoms with van der Waals surface area (Å²) in [4.78, 5) is 0. The summed E-state index contributed by atoms with van der Waals surface area (Å²) in [6.07, 6.45) is 0.402. The minimum atomic E-state index is -0.350. The van der Waals surface area contributed by atoms with Crippen LogP contribution in [-0.2, 0) is 6.42 Å². The molecule has 1 unspecified atom stereocenters. The third-order valence-corrected chi connectivity index (χ3v) is 3.94. The molecule has 3 rings (SSSR count). The molecule has 0 bridgehead atoms. The molecule has 1 aliphatic heterocycles. The molecule has 0 amide bonds. The van der Waals surface area contributed by atoms with Crippen LogP contribution in [0.4, 0.5) is 4.39 Å². The van der Waals surface area contributed by atoms with Gasteiger partial charge in [-0.3, -0.25) is 0 Å². The zero-order chi connectivity index (χ0) is 14.8. The number of benzene rings is 2. The summed E-state index contributed by atoms with van der Waals surface area (Å²) >= 11 is 3.25. The van der Waals surface area contributed by atoms with Crippen molar-refractivity contribution in [3.05, 3.63) is 57.8 Å². The molecule has 0 saturated heterocycles. The van der Waals surface area contributed by atoms with Gasteiger partial charge in [-0.2, -0.15) is 0 Å². The monoisotopic (exact) mass is 351 g/mol. The first-order chi connectivity index (χ1) is 10.1. The minimum absolute atomic E-state index is 0.262. The van der Waals surface area contributed by atoms with E-state index < -0.39 is 0 Å². The standard InChI is InChI=1S/C16H15BrFNO2/c17-11-5-4-10(13(18)9-11)8-14(19)12-2-1-3-15-16(12)21-7-6-20-15/h1-5,9,14H,6-8,19H2. The Hall–Kier alpha value is -1.59. The number of hydrogen-bond acceptors (Lipinski definition) is 3. The lowest BCUT2D eigenvalue weighted by Crippen LogP contribution is -2.20. The van der Waals surface area contributed by atoms with E-state index in [2.05, 4.69) is 15.9 Å². The predicted octanol–water partition coefficient (Wildman–Crippen LogP) is 3.60. The van der Waals surface area contributed by atoms with E-state index in [1.165, 1.54) is 6.07 Å². The molecule has 0 aromatic heterocycles. The molecule has 110 valence electrons. The maximum absolute atomic E-state index is 13.9. The lowest BCUT2D eigenvalue weighted by Gasteiger charge is -2.23. The van der Waals surface area contributed by atoms with Crippen molar-refractivity contribution in [2.45, 2.75) is 12.5 Å². The van der Waals surface area contributed by atoms with Gasteiger partial charge >= 0.3 is 0 Å². The molecule has 0 fully saturated rings. The molecule has 2 N–H and O–H groups in total. The summed E-state index contributed by atoms with van der Waals surface area (Å²) < 4.78 is 25.8. The largest absolute Gasteiger partial charge is 0.486 e. The Morgan fingerprint density at radius 2 is 2.00 bits per heavy atom. The van der Waals surface area contributed by atoms with Crippen LogP contribution < -0.4 is 15.2 Å². The van der Waals surface area contributed by atoms with Crippen molar-refractivity contribution in [1.82, 2.24) is 0 Å². The Labute approximate surface area is 131 Å². The fourth-order valence-corrected chi connectivity index (χ4v) is 2.76. The van der Waals surface area contributed by atoms with Gasteiger partial charge in [-0.25, -0.2) is 4.39 Å². The van der Waals surface area contributed by atoms with Gasteiger partial charge in [0.15, 0.2) is 11.5 Å². The van der Waals surface area contributed by atoms with Gasteiger partial charge in [-0.05, 0) is 30.2 Å². The van der Waals surface area contributed by atoms with Crippen molar-refractivity contribution in [2.24, 2.45) is 5.73 Å². The Bertz CT molecular complexity index is 663. The number of hydrogen-bond donors (Lipinski definition) is 1. The number of para-hydroxylation sites is 1. The van der Waals surface area contributed by atoms with E-state index in [4.69, 9.17) is 15.2 Å². The van der Waals surface area contributed by atoms with Crippen LogP contribution in [0.2, 0.25) is 0 Å². The summed E-state index contributed by atoms with van der Waals surface area (Å²) in [5, 5.41) is 0. The number of rotatable bonds is 3. The fourth-order valence-electron chi connectivity index (χ4n) is 2.42. The molecule has 0 spiro atoms. The molecule has 21 heavy (non-hydrogen) atoms. The van der Waals surface area contributed by atoms with Gasteiger partial charge in [0, 0.05) is 16.1 Å². The number of ether oxygens (including phenoxy) is 2. The number of halogens is 2. The molecular formula is C16H15BrFNO2. The summed E-state index contributed by atoms with van der Waals surface area (Å²) in [7, 11) is 0. The first kappa shape index (κ1) is 14.4. The van der Waals surface area contributed by atoms with E-state index in [9.17, 15) is 4.39 Å². The van der Waals surface area contributed by atoms with Crippen molar-refractivity contribution in [1.29, 1.82) is 0 Å². The second-order valence-corrected chi connectivity index (χ2v) is 5.83. The number of nitrogens with two attached hydrogens (primary N) is 1. The third kappa shape index (κ3) is 3.04. The average molecular weight is 352 g/mol. The molecule has 5 heteroatoms. The van der Waals surface area contributed by atoms with E-state index in [0.29, 0.717) is 41.2 Å². The smallest absolute Gasteiger partial charge is 0.166 e. The maximum Gasteiger partial charge on any atom is 0.166 e. The van der Waals surface area contributed by atoms with E-state index in [1.54, 1.807) is 6.07 Å². The molecule has 0 radical (unpaired) electrons. The number of fused-ring (bicyclic) bond motifs is 1. The van der Waals surface area contributed by atoms with Crippen LogP contribution in [0.3, 0.4) is 0 Å². The first-order valence-corrected chi connectivity index (χ1v) is 7.52. The average Bonchev–Trinajstić information content (AvgIpc) is 2.49. The topological polar surface area (TPSA) is 44.5 Å². The summed E-state index contributed by atoms with van der Waals surface area (Å²) in [5.41, 5.74) is 7.67. The lowest BCUT2D eigenvalue weighted by molar-refractivity contribution is 0.169. The second-order valence-electron chi connectivity index (χ2n) is 4.92. The fraction of sp³-hybridized carbons (Fsp3) is 0.250. The van der Waals surface area contributed by atoms with Crippen molar-refractivity contribution < 1.29 is 13.9 Å². The molecule has 1 heterocycles.